The van der Waals surface area contributed by atoms with Crippen molar-refractivity contribution in [3.63, 3.8) is 0 Å². The number of pyridine rings is 1. The first kappa shape index (κ1) is 18.9. The van der Waals surface area contributed by atoms with Gasteiger partial charge in [-0.05, 0) is 49.9 Å². The summed E-state index contributed by atoms with van der Waals surface area (Å²) in [6.45, 7) is 0. The van der Waals surface area contributed by atoms with E-state index in [0.29, 0.717) is 41.1 Å². The van der Waals surface area contributed by atoms with Crippen LogP contribution in [-0.2, 0) is 7.05 Å². The molecule has 5 heterocycles. The minimum Gasteiger partial charge on any atom is -0.480 e. The number of hydrogen-bond donors (Lipinski definition) is 1. The van der Waals surface area contributed by atoms with Crippen molar-refractivity contribution in [1.29, 1.82) is 0 Å². The van der Waals surface area contributed by atoms with Crippen molar-refractivity contribution >= 4 is 5.82 Å². The molecule has 9 nitrogen and oxygen atoms in total. The Hall–Kier alpha value is -3.07. The largest absolute Gasteiger partial charge is 0.480 e. The molecule has 3 atom stereocenters. The zero-order valence-electron chi connectivity index (χ0n) is 17.5. The summed E-state index contributed by atoms with van der Waals surface area (Å²) in [6, 6.07) is 9.63. The van der Waals surface area contributed by atoms with Crippen LogP contribution in [0, 0.1) is 0 Å². The van der Waals surface area contributed by atoms with E-state index in [9.17, 15) is 0 Å². The van der Waals surface area contributed by atoms with Crippen molar-refractivity contribution in [2.45, 2.75) is 43.8 Å². The Morgan fingerprint density at radius 1 is 1.00 bits per heavy atom. The van der Waals surface area contributed by atoms with Gasteiger partial charge in [0.15, 0.2) is 5.82 Å². The molecule has 5 rings (SSSR count). The zero-order chi connectivity index (χ0) is 20.7. The molecule has 156 valence electrons. The Bertz CT molecular complexity index is 1020. The number of nitrogens with zero attached hydrogens (tertiary/aromatic N) is 7. The highest BCUT2D eigenvalue weighted by atomic mass is 16.5. The van der Waals surface area contributed by atoms with E-state index in [1.54, 1.807) is 11.8 Å². The summed E-state index contributed by atoms with van der Waals surface area (Å²) in [7, 11) is 5.55. The highest BCUT2D eigenvalue weighted by Crippen LogP contribution is 2.32. The maximum atomic E-state index is 5.49. The van der Waals surface area contributed by atoms with Gasteiger partial charge in [-0.3, -0.25) is 4.68 Å². The number of fused-ring (bicyclic) bond motifs is 2. The smallest absolute Gasteiger partial charge is 0.223 e. The van der Waals surface area contributed by atoms with E-state index in [1.165, 1.54) is 25.7 Å². The van der Waals surface area contributed by atoms with E-state index >= 15 is 0 Å². The lowest BCUT2D eigenvalue weighted by Gasteiger charge is -2.36. The van der Waals surface area contributed by atoms with Gasteiger partial charge in [-0.1, -0.05) is 5.21 Å². The molecule has 3 aromatic rings. The number of hydrogen-bond acceptors (Lipinski definition) is 8. The highest BCUT2D eigenvalue weighted by Gasteiger charge is 2.35. The van der Waals surface area contributed by atoms with Crippen molar-refractivity contribution in [3.05, 3.63) is 30.5 Å². The standard InChI is InChI=1S/C21H26N8O/c1-28-12-19(25-27-28)16-6-7-17(23-21(16)30-3)18-8-9-20(26-24-18)29(2)15-10-13-4-5-14(11-15)22-13/h6-9,12-15,22H,4-5,10-11H2,1-3H3/t13-,14+,15?. The quantitative estimate of drug-likeness (QED) is 0.688. The molecule has 0 amide bonds. The molecule has 1 N–H and O–H groups in total. The third-order valence-electron chi connectivity index (χ3n) is 6.20. The van der Waals surface area contributed by atoms with Crippen molar-refractivity contribution < 1.29 is 4.74 Å². The maximum absolute atomic E-state index is 5.49. The van der Waals surface area contributed by atoms with Gasteiger partial charge in [0.1, 0.15) is 11.4 Å². The third-order valence-corrected chi connectivity index (χ3v) is 6.20. The number of ether oxygens (including phenoxy) is 1. The molecule has 2 bridgehead atoms. The highest BCUT2D eigenvalue weighted by molar-refractivity contribution is 5.68. The molecule has 2 fully saturated rings. The molecule has 0 saturated carbocycles. The number of piperidine rings is 1. The number of aryl methyl sites for hydroxylation is 1. The number of aromatic nitrogens is 6. The van der Waals surface area contributed by atoms with Gasteiger partial charge in [0.25, 0.3) is 0 Å². The predicted octanol–water partition coefficient (Wildman–Crippen LogP) is 2.06. The summed E-state index contributed by atoms with van der Waals surface area (Å²) < 4.78 is 7.14. The molecule has 0 spiro atoms. The lowest BCUT2D eigenvalue weighted by Crippen LogP contribution is -2.47. The average Bonchev–Trinajstić information content (AvgIpc) is 3.37. The van der Waals surface area contributed by atoms with E-state index in [4.69, 9.17) is 4.74 Å². The third kappa shape index (κ3) is 3.49. The van der Waals surface area contributed by atoms with Crippen LogP contribution in [0.1, 0.15) is 25.7 Å². The van der Waals surface area contributed by atoms with Gasteiger partial charge in [0, 0.05) is 32.2 Å². The Labute approximate surface area is 175 Å². The van der Waals surface area contributed by atoms with E-state index in [1.807, 2.05) is 37.5 Å². The SMILES string of the molecule is COc1nc(-c2ccc(N(C)C3C[C@H]4CC[C@@H](C3)N4)nn2)ccc1-c1cn(C)nn1. The summed E-state index contributed by atoms with van der Waals surface area (Å²) >= 11 is 0. The Morgan fingerprint density at radius 2 is 1.77 bits per heavy atom. The van der Waals surface area contributed by atoms with Crippen LogP contribution in [0.25, 0.3) is 22.6 Å². The maximum Gasteiger partial charge on any atom is 0.223 e. The Morgan fingerprint density at radius 3 is 2.40 bits per heavy atom. The first-order valence-corrected chi connectivity index (χ1v) is 10.4. The topological polar surface area (TPSA) is 93.9 Å². The fourth-order valence-electron chi connectivity index (χ4n) is 4.58. The first-order chi connectivity index (χ1) is 14.6. The van der Waals surface area contributed by atoms with Crippen LogP contribution < -0.4 is 15.0 Å². The molecule has 0 radical (unpaired) electrons. The van der Waals surface area contributed by atoms with Crippen molar-refractivity contribution in [2.24, 2.45) is 7.05 Å². The van der Waals surface area contributed by atoms with Crippen molar-refractivity contribution in [1.82, 2.24) is 35.5 Å². The summed E-state index contributed by atoms with van der Waals surface area (Å²) in [5, 5.41) is 20.7. The van der Waals surface area contributed by atoms with Crippen LogP contribution in [0.3, 0.4) is 0 Å². The summed E-state index contributed by atoms with van der Waals surface area (Å²) in [5.74, 6) is 1.38. The van der Waals surface area contributed by atoms with Gasteiger partial charge in [-0.2, -0.15) is 0 Å². The van der Waals surface area contributed by atoms with Gasteiger partial charge in [0.2, 0.25) is 5.88 Å². The van der Waals surface area contributed by atoms with Crippen LogP contribution in [0.5, 0.6) is 5.88 Å². The minimum atomic E-state index is 0.487. The van der Waals surface area contributed by atoms with Crippen LogP contribution in [-0.4, -0.2) is 62.5 Å². The molecule has 2 saturated heterocycles. The lowest BCUT2D eigenvalue weighted by molar-refractivity contribution is 0.353. The number of methoxy groups -OCH3 is 1. The molecule has 1 unspecified atom stereocenters. The minimum absolute atomic E-state index is 0.487. The van der Waals surface area contributed by atoms with Crippen LogP contribution in [0.4, 0.5) is 5.82 Å². The van der Waals surface area contributed by atoms with E-state index < -0.39 is 0 Å². The second-order valence-corrected chi connectivity index (χ2v) is 8.18. The van der Waals surface area contributed by atoms with Crippen LogP contribution in [0.15, 0.2) is 30.5 Å². The lowest BCUT2D eigenvalue weighted by atomic mass is 9.98. The number of rotatable bonds is 5. The second-order valence-electron chi connectivity index (χ2n) is 8.18. The van der Waals surface area contributed by atoms with E-state index in [2.05, 4.69) is 42.8 Å². The van der Waals surface area contributed by atoms with Crippen LogP contribution in [0.2, 0.25) is 0 Å². The van der Waals surface area contributed by atoms with Gasteiger partial charge in [0.05, 0.1) is 24.6 Å². The number of anilines is 1. The number of nitrogens with one attached hydrogen (secondary N) is 1. The fourth-order valence-corrected chi connectivity index (χ4v) is 4.58. The zero-order valence-corrected chi connectivity index (χ0v) is 17.5. The van der Waals surface area contributed by atoms with E-state index in [0.717, 1.165) is 11.4 Å². The van der Waals surface area contributed by atoms with Crippen molar-refractivity contribution in [2.75, 3.05) is 19.1 Å². The molecular weight excluding hydrogens is 380 g/mol. The van der Waals surface area contributed by atoms with Gasteiger partial charge < -0.3 is 15.0 Å². The Balaban J connectivity index is 1.36. The summed E-state index contributed by atoms with van der Waals surface area (Å²) in [5.41, 5.74) is 2.93. The summed E-state index contributed by atoms with van der Waals surface area (Å²) in [6.07, 6.45) is 6.74. The Kier molecular flexibility index (Phi) is 4.82. The predicted molar refractivity (Wildman–Crippen MR) is 113 cm³/mol. The first-order valence-electron chi connectivity index (χ1n) is 10.4. The molecule has 2 aliphatic rings. The molecule has 9 heteroatoms. The van der Waals surface area contributed by atoms with Gasteiger partial charge >= 0.3 is 0 Å². The monoisotopic (exact) mass is 406 g/mol. The molecule has 0 aliphatic carbocycles. The summed E-state index contributed by atoms with van der Waals surface area (Å²) in [4.78, 5) is 6.89. The molecule has 30 heavy (non-hydrogen) atoms. The fraction of sp³-hybridized carbons (Fsp3) is 0.476. The van der Waals surface area contributed by atoms with Crippen LogP contribution >= 0.6 is 0 Å². The van der Waals surface area contributed by atoms with Gasteiger partial charge in [-0.15, -0.1) is 15.3 Å². The van der Waals surface area contributed by atoms with E-state index in [-0.39, 0.29) is 0 Å². The molecular formula is C21H26N8O. The molecule has 2 aliphatic heterocycles. The molecule has 3 aromatic heterocycles. The normalized spacial score (nSPS) is 22.8. The molecule has 0 aromatic carbocycles. The van der Waals surface area contributed by atoms with Gasteiger partial charge in [-0.25, -0.2) is 4.98 Å². The second kappa shape index (κ2) is 7.64. The average molecular weight is 406 g/mol. The van der Waals surface area contributed by atoms with Crippen molar-refractivity contribution in [3.8, 4) is 28.5 Å².